The Balaban J connectivity index is 0.00000132. The summed E-state index contributed by atoms with van der Waals surface area (Å²) in [5, 5.41) is 3.60. The van der Waals surface area contributed by atoms with Crippen LogP contribution in [0.25, 0.3) is 0 Å². The lowest BCUT2D eigenvalue weighted by Gasteiger charge is -2.44. The summed E-state index contributed by atoms with van der Waals surface area (Å²) in [4.78, 5) is 8.37. The molecule has 0 aromatic heterocycles. The van der Waals surface area contributed by atoms with Crippen LogP contribution in [-0.2, 0) is 10.5 Å². The Bertz CT molecular complexity index is 446. The standard InChI is InChI=1S/C17H27N3O.2ClH/c1-17(14-9-5-3-6-10-14)18-13-16(21-19-17)20(2)15-11-7-4-8-12-15;;/h3,5-6,9-10,15-16,18-19H,4,7-8,11-13H2,1-2H3;2*1H. The molecular weight excluding hydrogens is 333 g/mol. The quantitative estimate of drug-likeness (QED) is 0.864. The molecule has 1 aromatic rings. The van der Waals surface area contributed by atoms with Gasteiger partial charge in [-0.15, -0.1) is 24.8 Å². The molecule has 2 unspecified atom stereocenters. The van der Waals surface area contributed by atoms with Gasteiger partial charge in [0.25, 0.3) is 0 Å². The number of hydrogen-bond acceptors (Lipinski definition) is 4. The maximum absolute atomic E-state index is 5.98. The largest absolute Gasteiger partial charge is 0.290 e. The van der Waals surface area contributed by atoms with E-state index in [0.29, 0.717) is 6.04 Å². The van der Waals surface area contributed by atoms with Gasteiger partial charge in [-0.05, 0) is 32.4 Å². The molecule has 0 bridgehead atoms. The van der Waals surface area contributed by atoms with E-state index in [9.17, 15) is 0 Å². The molecule has 1 aromatic carbocycles. The second-order valence-corrected chi connectivity index (χ2v) is 6.50. The summed E-state index contributed by atoms with van der Waals surface area (Å²) in [5.41, 5.74) is 4.11. The van der Waals surface area contributed by atoms with E-state index in [1.807, 2.05) is 6.07 Å². The van der Waals surface area contributed by atoms with Crippen molar-refractivity contribution in [3.05, 3.63) is 35.9 Å². The van der Waals surface area contributed by atoms with Gasteiger partial charge in [0.05, 0.1) is 0 Å². The van der Waals surface area contributed by atoms with E-state index in [2.05, 4.69) is 53.9 Å². The van der Waals surface area contributed by atoms with Crippen LogP contribution in [-0.4, -0.2) is 30.8 Å². The van der Waals surface area contributed by atoms with Gasteiger partial charge in [-0.25, -0.2) is 0 Å². The summed E-state index contributed by atoms with van der Waals surface area (Å²) in [5.74, 6) is 0. The second-order valence-electron chi connectivity index (χ2n) is 6.50. The van der Waals surface area contributed by atoms with Crippen molar-refractivity contribution in [3.8, 4) is 0 Å². The van der Waals surface area contributed by atoms with Crippen LogP contribution in [0.5, 0.6) is 0 Å². The normalized spacial score (nSPS) is 28.7. The lowest BCUT2D eigenvalue weighted by molar-refractivity contribution is -0.181. The van der Waals surface area contributed by atoms with Gasteiger partial charge in [-0.1, -0.05) is 49.6 Å². The molecule has 4 nitrogen and oxygen atoms in total. The number of likely N-dealkylation sites (N-methyl/N-ethyl adjacent to an activating group) is 1. The average Bonchev–Trinajstić information content (AvgIpc) is 2.57. The van der Waals surface area contributed by atoms with Crippen LogP contribution in [0.1, 0.15) is 44.6 Å². The minimum atomic E-state index is -0.314. The molecule has 1 heterocycles. The van der Waals surface area contributed by atoms with Gasteiger partial charge in [0.2, 0.25) is 0 Å². The monoisotopic (exact) mass is 361 g/mol. The summed E-state index contributed by atoms with van der Waals surface area (Å²) in [6.07, 6.45) is 6.79. The molecule has 0 radical (unpaired) electrons. The zero-order valence-electron chi connectivity index (χ0n) is 14.0. The Morgan fingerprint density at radius 1 is 1.09 bits per heavy atom. The molecular formula is C17H29Cl2N3O. The smallest absolute Gasteiger partial charge is 0.144 e. The van der Waals surface area contributed by atoms with Crippen LogP contribution in [0.4, 0.5) is 0 Å². The number of hydroxylamine groups is 1. The third-order valence-electron chi connectivity index (χ3n) is 4.99. The van der Waals surface area contributed by atoms with Crippen LogP contribution in [0, 0.1) is 0 Å². The summed E-state index contributed by atoms with van der Waals surface area (Å²) in [6.45, 7) is 2.96. The molecule has 2 atom stereocenters. The molecule has 132 valence electrons. The van der Waals surface area contributed by atoms with Gasteiger partial charge >= 0.3 is 0 Å². The third kappa shape index (κ3) is 4.81. The Labute approximate surface area is 152 Å². The van der Waals surface area contributed by atoms with Gasteiger partial charge in [0, 0.05) is 12.6 Å². The molecule has 0 amide bonds. The Kier molecular flexibility index (Phi) is 8.28. The van der Waals surface area contributed by atoms with Crippen molar-refractivity contribution in [2.75, 3.05) is 13.6 Å². The van der Waals surface area contributed by atoms with Crippen LogP contribution in [0.3, 0.4) is 0 Å². The first-order valence-electron chi connectivity index (χ1n) is 8.14. The Morgan fingerprint density at radius 3 is 2.30 bits per heavy atom. The maximum Gasteiger partial charge on any atom is 0.144 e. The average molecular weight is 362 g/mol. The van der Waals surface area contributed by atoms with E-state index in [1.165, 1.54) is 37.7 Å². The van der Waals surface area contributed by atoms with Crippen LogP contribution in [0.15, 0.2) is 30.3 Å². The molecule has 1 saturated heterocycles. The SMILES string of the molecule is CN(C1CCCCC1)C1CNC(C)(c2ccccc2)NO1.Cl.Cl. The minimum absolute atomic E-state index is 0. The molecule has 23 heavy (non-hydrogen) atoms. The van der Waals surface area contributed by atoms with Crippen LogP contribution < -0.4 is 10.8 Å². The highest BCUT2D eigenvalue weighted by molar-refractivity contribution is 5.85. The van der Waals surface area contributed by atoms with E-state index >= 15 is 0 Å². The van der Waals surface area contributed by atoms with Gasteiger partial charge in [-0.2, -0.15) is 5.48 Å². The summed E-state index contributed by atoms with van der Waals surface area (Å²) in [7, 11) is 2.19. The number of nitrogens with zero attached hydrogens (tertiary/aromatic N) is 1. The van der Waals surface area contributed by atoms with Crippen molar-refractivity contribution in [2.45, 2.75) is 57.0 Å². The van der Waals surface area contributed by atoms with Crippen molar-refractivity contribution in [3.63, 3.8) is 0 Å². The molecule has 2 N–H and O–H groups in total. The topological polar surface area (TPSA) is 36.5 Å². The number of halogens is 2. The number of rotatable bonds is 3. The molecule has 0 spiro atoms. The Morgan fingerprint density at radius 2 is 1.74 bits per heavy atom. The van der Waals surface area contributed by atoms with Crippen molar-refractivity contribution in [2.24, 2.45) is 0 Å². The third-order valence-corrected chi connectivity index (χ3v) is 4.99. The fourth-order valence-corrected chi connectivity index (χ4v) is 3.44. The molecule has 1 aliphatic carbocycles. The first-order valence-corrected chi connectivity index (χ1v) is 8.14. The fourth-order valence-electron chi connectivity index (χ4n) is 3.44. The van der Waals surface area contributed by atoms with E-state index in [4.69, 9.17) is 4.84 Å². The van der Waals surface area contributed by atoms with E-state index < -0.39 is 0 Å². The summed E-state index contributed by atoms with van der Waals surface area (Å²) in [6, 6.07) is 11.1. The highest BCUT2D eigenvalue weighted by Gasteiger charge is 2.35. The summed E-state index contributed by atoms with van der Waals surface area (Å²) < 4.78 is 0. The van der Waals surface area contributed by atoms with Crippen molar-refractivity contribution in [1.29, 1.82) is 0 Å². The molecule has 2 fully saturated rings. The molecule has 3 rings (SSSR count). The van der Waals surface area contributed by atoms with Crippen molar-refractivity contribution in [1.82, 2.24) is 15.7 Å². The maximum atomic E-state index is 5.98. The molecule has 1 aliphatic heterocycles. The highest BCUT2D eigenvalue weighted by Crippen LogP contribution is 2.26. The first kappa shape index (κ1) is 20.7. The van der Waals surface area contributed by atoms with E-state index in [0.717, 1.165) is 6.54 Å². The van der Waals surface area contributed by atoms with Gasteiger partial charge in [0.15, 0.2) is 0 Å². The molecule has 2 aliphatic rings. The van der Waals surface area contributed by atoms with Crippen LogP contribution >= 0.6 is 24.8 Å². The number of nitrogens with one attached hydrogen (secondary N) is 2. The Hall–Kier alpha value is -0.360. The van der Waals surface area contributed by atoms with Crippen LogP contribution in [0.2, 0.25) is 0 Å². The highest BCUT2D eigenvalue weighted by atomic mass is 35.5. The van der Waals surface area contributed by atoms with E-state index in [-0.39, 0.29) is 36.7 Å². The van der Waals surface area contributed by atoms with E-state index in [1.54, 1.807) is 0 Å². The van der Waals surface area contributed by atoms with Gasteiger partial charge in [0.1, 0.15) is 11.9 Å². The lowest BCUT2D eigenvalue weighted by atomic mass is 9.94. The van der Waals surface area contributed by atoms with Crippen molar-refractivity contribution < 1.29 is 4.84 Å². The lowest BCUT2D eigenvalue weighted by Crippen LogP contribution is -2.64. The molecule has 6 heteroatoms. The minimum Gasteiger partial charge on any atom is -0.290 e. The van der Waals surface area contributed by atoms with Crippen molar-refractivity contribution >= 4 is 24.8 Å². The fraction of sp³-hybridized carbons (Fsp3) is 0.647. The van der Waals surface area contributed by atoms with Gasteiger partial charge in [-0.3, -0.25) is 15.1 Å². The van der Waals surface area contributed by atoms with Gasteiger partial charge < -0.3 is 0 Å². The predicted octanol–water partition coefficient (Wildman–Crippen LogP) is 3.42. The first-order chi connectivity index (χ1) is 10.2. The second kappa shape index (κ2) is 9.21. The zero-order chi connectivity index (χ0) is 14.7. The zero-order valence-corrected chi connectivity index (χ0v) is 15.6. The number of benzene rings is 1. The predicted molar refractivity (Wildman–Crippen MR) is 98.9 cm³/mol. The number of hydrogen-bond donors (Lipinski definition) is 2. The summed E-state index contributed by atoms with van der Waals surface area (Å²) >= 11 is 0. The molecule has 1 saturated carbocycles.